The normalized spacial score (nSPS) is 9.25. The van der Waals surface area contributed by atoms with Gasteiger partial charge in [0.25, 0.3) is 0 Å². The van der Waals surface area contributed by atoms with Crippen LogP contribution in [0.1, 0.15) is 12.0 Å². The number of carbonyl (C=O) groups is 1. The Morgan fingerprint density at radius 2 is 2.44 bits per heavy atom. The predicted octanol–water partition coefficient (Wildman–Crippen LogP) is 0.0835. The molecule has 1 aromatic heterocycles. The fraction of sp³-hybridized carbons (Fsp3) is 0.300. The molecule has 1 amide bonds. The molecule has 0 bridgehead atoms. The summed E-state index contributed by atoms with van der Waals surface area (Å²) in [6.45, 7) is 0.422. The average molecular weight is 219 g/mol. The molecule has 16 heavy (non-hydrogen) atoms. The maximum absolute atomic E-state index is 11.0. The monoisotopic (exact) mass is 219 g/mol. The highest BCUT2D eigenvalue weighted by atomic mass is 16.1. The first-order valence-corrected chi connectivity index (χ1v) is 4.77. The Morgan fingerprint density at radius 3 is 3.06 bits per heavy atom. The standard InChI is InChI=1S/C10H13N5O/c1-13-9(16)2-3-14-10-7(5-11)4-8(12)6-15-10/h4,6H,2-3,12H2,1H3,(H,13,16)(H,14,15). The number of nitrogen functional groups attached to an aromatic ring is 1. The van der Waals surface area contributed by atoms with E-state index in [0.29, 0.717) is 30.0 Å². The molecule has 84 valence electrons. The van der Waals surface area contributed by atoms with Crippen LogP contribution in [0.5, 0.6) is 0 Å². The zero-order chi connectivity index (χ0) is 12.0. The van der Waals surface area contributed by atoms with Gasteiger partial charge in [-0.1, -0.05) is 0 Å². The summed E-state index contributed by atoms with van der Waals surface area (Å²) in [7, 11) is 1.57. The maximum Gasteiger partial charge on any atom is 0.221 e. The molecule has 0 radical (unpaired) electrons. The molecule has 1 rings (SSSR count). The highest BCUT2D eigenvalue weighted by Gasteiger charge is 2.04. The molecule has 0 aliphatic heterocycles. The molecule has 0 aliphatic rings. The number of anilines is 2. The minimum Gasteiger partial charge on any atom is -0.397 e. The molecule has 0 aliphatic carbocycles. The van der Waals surface area contributed by atoms with Crippen molar-refractivity contribution in [2.24, 2.45) is 0 Å². The topological polar surface area (TPSA) is 104 Å². The van der Waals surface area contributed by atoms with Gasteiger partial charge < -0.3 is 16.4 Å². The smallest absolute Gasteiger partial charge is 0.221 e. The van der Waals surface area contributed by atoms with Gasteiger partial charge in [0.2, 0.25) is 5.91 Å². The van der Waals surface area contributed by atoms with Crippen LogP contribution in [0, 0.1) is 11.3 Å². The van der Waals surface area contributed by atoms with Crippen molar-refractivity contribution < 1.29 is 4.79 Å². The van der Waals surface area contributed by atoms with E-state index < -0.39 is 0 Å². The third kappa shape index (κ3) is 3.13. The number of carbonyl (C=O) groups excluding carboxylic acids is 1. The summed E-state index contributed by atoms with van der Waals surface area (Å²) in [5.74, 6) is 0.377. The van der Waals surface area contributed by atoms with E-state index in [9.17, 15) is 4.79 Å². The van der Waals surface area contributed by atoms with Crippen LogP contribution in [0.2, 0.25) is 0 Å². The number of nitriles is 1. The van der Waals surface area contributed by atoms with Gasteiger partial charge in [-0.3, -0.25) is 4.79 Å². The maximum atomic E-state index is 11.0. The van der Waals surface area contributed by atoms with E-state index in [0.717, 1.165) is 0 Å². The number of hydrogen-bond acceptors (Lipinski definition) is 5. The van der Waals surface area contributed by atoms with Crippen LogP contribution >= 0.6 is 0 Å². The fourth-order valence-corrected chi connectivity index (χ4v) is 1.13. The van der Waals surface area contributed by atoms with Crippen molar-refractivity contribution in [3.05, 3.63) is 17.8 Å². The molecule has 1 aromatic rings. The van der Waals surface area contributed by atoms with Gasteiger partial charge in [0, 0.05) is 20.0 Å². The third-order valence-corrected chi connectivity index (χ3v) is 1.95. The minimum atomic E-state index is -0.0681. The van der Waals surface area contributed by atoms with Gasteiger partial charge in [0.05, 0.1) is 17.4 Å². The first kappa shape index (κ1) is 11.8. The number of rotatable bonds is 4. The molecule has 4 N–H and O–H groups in total. The lowest BCUT2D eigenvalue weighted by Gasteiger charge is -2.06. The summed E-state index contributed by atoms with van der Waals surface area (Å²) in [6.07, 6.45) is 1.79. The molecule has 0 unspecified atom stereocenters. The number of aromatic nitrogens is 1. The lowest BCUT2D eigenvalue weighted by Crippen LogP contribution is -2.21. The van der Waals surface area contributed by atoms with E-state index in [1.54, 1.807) is 7.05 Å². The van der Waals surface area contributed by atoms with Crippen LogP contribution in [0.4, 0.5) is 11.5 Å². The molecule has 0 fully saturated rings. The molecular weight excluding hydrogens is 206 g/mol. The van der Waals surface area contributed by atoms with Crippen molar-refractivity contribution in [3.8, 4) is 6.07 Å². The van der Waals surface area contributed by atoms with E-state index in [2.05, 4.69) is 15.6 Å². The summed E-state index contributed by atoms with van der Waals surface area (Å²) in [5.41, 5.74) is 6.31. The second-order valence-corrected chi connectivity index (χ2v) is 3.13. The Hall–Kier alpha value is -2.29. The van der Waals surface area contributed by atoms with Crippen molar-refractivity contribution in [2.45, 2.75) is 6.42 Å². The second-order valence-electron chi connectivity index (χ2n) is 3.13. The SMILES string of the molecule is CNC(=O)CCNc1ncc(N)cc1C#N. The van der Waals surface area contributed by atoms with E-state index in [1.807, 2.05) is 6.07 Å². The van der Waals surface area contributed by atoms with Gasteiger partial charge in [0.15, 0.2) is 0 Å². The first-order valence-electron chi connectivity index (χ1n) is 4.77. The fourth-order valence-electron chi connectivity index (χ4n) is 1.13. The van der Waals surface area contributed by atoms with Gasteiger partial charge in [0.1, 0.15) is 11.9 Å². The Bertz CT molecular complexity index is 424. The summed E-state index contributed by atoms with van der Waals surface area (Å²) >= 11 is 0. The molecular formula is C10H13N5O. The Morgan fingerprint density at radius 1 is 1.69 bits per heavy atom. The van der Waals surface area contributed by atoms with Crippen molar-refractivity contribution in [3.63, 3.8) is 0 Å². The third-order valence-electron chi connectivity index (χ3n) is 1.95. The highest BCUT2D eigenvalue weighted by molar-refractivity contribution is 5.76. The average Bonchev–Trinajstić information content (AvgIpc) is 2.30. The van der Waals surface area contributed by atoms with Gasteiger partial charge in [-0.25, -0.2) is 4.98 Å². The molecule has 0 saturated heterocycles. The Labute approximate surface area is 93.5 Å². The van der Waals surface area contributed by atoms with E-state index in [-0.39, 0.29) is 5.91 Å². The number of nitrogens with one attached hydrogen (secondary N) is 2. The summed E-state index contributed by atoms with van der Waals surface area (Å²) < 4.78 is 0. The minimum absolute atomic E-state index is 0.0681. The number of amides is 1. The lowest BCUT2D eigenvalue weighted by atomic mass is 10.2. The van der Waals surface area contributed by atoms with E-state index in [1.165, 1.54) is 12.3 Å². The van der Waals surface area contributed by atoms with Crippen molar-refractivity contribution in [2.75, 3.05) is 24.6 Å². The molecule has 0 saturated carbocycles. The molecule has 0 atom stereocenters. The Kier molecular flexibility index (Phi) is 4.09. The van der Waals surface area contributed by atoms with Gasteiger partial charge >= 0.3 is 0 Å². The first-order chi connectivity index (χ1) is 7.67. The van der Waals surface area contributed by atoms with Crippen LogP contribution in [0.15, 0.2) is 12.3 Å². The summed E-state index contributed by atoms with van der Waals surface area (Å²) in [4.78, 5) is 14.9. The van der Waals surface area contributed by atoms with Gasteiger partial charge in [-0.05, 0) is 6.07 Å². The van der Waals surface area contributed by atoms with Crippen LogP contribution < -0.4 is 16.4 Å². The second kappa shape index (κ2) is 5.56. The molecule has 6 heteroatoms. The van der Waals surface area contributed by atoms with Crippen LogP contribution in [0.3, 0.4) is 0 Å². The number of hydrogen-bond donors (Lipinski definition) is 3. The van der Waals surface area contributed by atoms with E-state index in [4.69, 9.17) is 11.0 Å². The van der Waals surface area contributed by atoms with Crippen LogP contribution in [-0.4, -0.2) is 24.5 Å². The summed E-state index contributed by atoms with van der Waals surface area (Å²) in [6, 6.07) is 3.52. The summed E-state index contributed by atoms with van der Waals surface area (Å²) in [5, 5.41) is 14.2. The number of pyridine rings is 1. The lowest BCUT2D eigenvalue weighted by molar-refractivity contribution is -0.120. The zero-order valence-corrected chi connectivity index (χ0v) is 8.95. The van der Waals surface area contributed by atoms with Crippen molar-refractivity contribution >= 4 is 17.4 Å². The highest BCUT2D eigenvalue weighted by Crippen LogP contribution is 2.13. The number of nitrogens with zero attached hydrogens (tertiary/aromatic N) is 2. The predicted molar refractivity (Wildman–Crippen MR) is 60.5 cm³/mol. The van der Waals surface area contributed by atoms with Gasteiger partial charge in [-0.15, -0.1) is 0 Å². The molecule has 0 aromatic carbocycles. The van der Waals surface area contributed by atoms with Crippen molar-refractivity contribution in [1.29, 1.82) is 5.26 Å². The largest absolute Gasteiger partial charge is 0.397 e. The van der Waals surface area contributed by atoms with E-state index >= 15 is 0 Å². The Balaban J connectivity index is 2.61. The zero-order valence-electron chi connectivity index (χ0n) is 8.95. The molecule has 6 nitrogen and oxygen atoms in total. The van der Waals surface area contributed by atoms with Crippen LogP contribution in [0.25, 0.3) is 0 Å². The molecule has 1 heterocycles. The quantitative estimate of drug-likeness (QED) is 0.665. The van der Waals surface area contributed by atoms with Gasteiger partial charge in [-0.2, -0.15) is 5.26 Å². The molecule has 0 spiro atoms. The van der Waals surface area contributed by atoms with Crippen molar-refractivity contribution in [1.82, 2.24) is 10.3 Å². The van der Waals surface area contributed by atoms with Crippen LogP contribution in [-0.2, 0) is 4.79 Å². The number of nitrogens with two attached hydrogens (primary N) is 1.